The van der Waals surface area contributed by atoms with Crippen LogP contribution in [0.2, 0.25) is 0 Å². The summed E-state index contributed by atoms with van der Waals surface area (Å²) < 4.78 is 26.5. The first-order chi connectivity index (χ1) is 8.93. The minimum Gasteiger partial charge on any atom is -0.339 e. The number of rotatable bonds is 3. The van der Waals surface area contributed by atoms with Crippen LogP contribution in [0.4, 0.5) is 0 Å². The second kappa shape index (κ2) is 5.74. The highest BCUT2D eigenvalue weighted by molar-refractivity contribution is 7.86. The summed E-state index contributed by atoms with van der Waals surface area (Å²) in [6, 6.07) is -0.0722. The molecule has 0 saturated carbocycles. The molecule has 0 unspecified atom stereocenters. The van der Waals surface area contributed by atoms with Gasteiger partial charge >= 0.3 is 0 Å². The van der Waals surface area contributed by atoms with E-state index in [1.807, 2.05) is 0 Å². The van der Waals surface area contributed by atoms with Crippen molar-refractivity contribution in [3.05, 3.63) is 0 Å². The molecule has 2 aliphatic rings. The van der Waals surface area contributed by atoms with Crippen LogP contribution >= 0.6 is 0 Å². The average molecular weight is 290 g/mol. The van der Waals surface area contributed by atoms with Crippen LogP contribution in [0, 0.1) is 0 Å². The summed E-state index contributed by atoms with van der Waals surface area (Å²) >= 11 is 0. The van der Waals surface area contributed by atoms with Crippen molar-refractivity contribution in [2.24, 2.45) is 0 Å². The van der Waals surface area contributed by atoms with Gasteiger partial charge in [-0.3, -0.25) is 4.79 Å². The summed E-state index contributed by atoms with van der Waals surface area (Å²) in [6.07, 6.45) is 1.92. The van der Waals surface area contributed by atoms with Gasteiger partial charge < -0.3 is 10.2 Å². The first-order valence-corrected chi connectivity index (χ1v) is 8.02. The molecule has 1 amide bonds. The number of piperazine rings is 1. The van der Waals surface area contributed by atoms with Gasteiger partial charge in [0.25, 0.3) is 10.2 Å². The van der Waals surface area contributed by atoms with E-state index in [1.54, 1.807) is 4.90 Å². The second-order valence-corrected chi connectivity index (χ2v) is 7.31. The smallest absolute Gasteiger partial charge is 0.281 e. The predicted octanol–water partition coefficient (Wildman–Crippen LogP) is -1.31. The van der Waals surface area contributed by atoms with Gasteiger partial charge in [-0.25, -0.2) is 0 Å². The Morgan fingerprint density at radius 1 is 1.21 bits per heavy atom. The molecular weight excluding hydrogens is 268 g/mol. The van der Waals surface area contributed by atoms with Crippen LogP contribution in [0.3, 0.4) is 0 Å². The van der Waals surface area contributed by atoms with E-state index in [-0.39, 0.29) is 11.9 Å². The van der Waals surface area contributed by atoms with Crippen molar-refractivity contribution in [2.45, 2.75) is 18.9 Å². The molecule has 8 heteroatoms. The molecule has 1 atom stereocenters. The van der Waals surface area contributed by atoms with Crippen LogP contribution in [0.5, 0.6) is 0 Å². The molecule has 2 fully saturated rings. The van der Waals surface area contributed by atoms with Crippen molar-refractivity contribution in [1.82, 2.24) is 18.8 Å². The Labute approximate surface area is 114 Å². The molecule has 2 saturated heterocycles. The largest absolute Gasteiger partial charge is 0.339 e. The molecule has 0 spiro atoms. The number of nitrogens with one attached hydrogen (secondary N) is 1. The van der Waals surface area contributed by atoms with Crippen LogP contribution in [-0.4, -0.2) is 80.7 Å². The maximum absolute atomic E-state index is 12.2. The summed E-state index contributed by atoms with van der Waals surface area (Å²) in [6.45, 7) is 2.59. The fourth-order valence-electron chi connectivity index (χ4n) is 2.49. The van der Waals surface area contributed by atoms with Gasteiger partial charge in [0, 0.05) is 40.3 Å². The molecule has 1 N–H and O–H groups in total. The van der Waals surface area contributed by atoms with Crippen molar-refractivity contribution in [2.75, 3.05) is 46.8 Å². The molecular formula is C11H22N4O3S. The van der Waals surface area contributed by atoms with Crippen LogP contribution < -0.4 is 5.32 Å². The Hall–Kier alpha value is -0.700. The molecule has 0 aromatic rings. The average Bonchev–Trinajstić information content (AvgIpc) is 2.91. The lowest BCUT2D eigenvalue weighted by Crippen LogP contribution is -2.55. The minimum absolute atomic E-state index is 0.0722. The van der Waals surface area contributed by atoms with Gasteiger partial charge in [0.15, 0.2) is 0 Å². The fourth-order valence-corrected chi connectivity index (χ4v) is 3.57. The number of hydrogen-bond acceptors (Lipinski definition) is 4. The zero-order valence-electron chi connectivity index (χ0n) is 11.5. The maximum Gasteiger partial charge on any atom is 0.281 e. The van der Waals surface area contributed by atoms with Crippen molar-refractivity contribution < 1.29 is 13.2 Å². The molecule has 0 aliphatic carbocycles. The van der Waals surface area contributed by atoms with Crippen LogP contribution in [0.1, 0.15) is 12.8 Å². The molecule has 2 aliphatic heterocycles. The normalized spacial score (nSPS) is 26.1. The first kappa shape index (κ1) is 14.7. The second-order valence-electron chi connectivity index (χ2n) is 5.16. The standard InChI is InChI=1S/C11H22N4O3S/c1-13(2)19(17,18)15-8-6-14(7-9-15)11(16)10-4-3-5-12-10/h10,12H,3-9H2,1-2H3/t10-/m1/s1. The maximum atomic E-state index is 12.2. The SMILES string of the molecule is CN(C)S(=O)(=O)N1CCN(C(=O)[C@H]2CCCN2)CC1. The predicted molar refractivity (Wildman–Crippen MR) is 71.8 cm³/mol. The summed E-state index contributed by atoms with van der Waals surface area (Å²) in [4.78, 5) is 13.9. The van der Waals surface area contributed by atoms with Gasteiger partial charge in [0.2, 0.25) is 5.91 Å². The van der Waals surface area contributed by atoms with Crippen LogP contribution in [-0.2, 0) is 15.0 Å². The molecule has 2 heterocycles. The Morgan fingerprint density at radius 2 is 1.84 bits per heavy atom. The van der Waals surface area contributed by atoms with E-state index < -0.39 is 10.2 Å². The number of amides is 1. The quantitative estimate of drug-likeness (QED) is 0.700. The lowest BCUT2D eigenvalue weighted by molar-refractivity contribution is -0.134. The lowest BCUT2D eigenvalue weighted by Gasteiger charge is -2.36. The molecule has 0 aromatic heterocycles. The highest BCUT2D eigenvalue weighted by Gasteiger charge is 2.33. The van der Waals surface area contributed by atoms with Gasteiger partial charge in [-0.15, -0.1) is 0 Å². The zero-order chi connectivity index (χ0) is 14.0. The van der Waals surface area contributed by atoms with Crippen molar-refractivity contribution >= 4 is 16.1 Å². The third kappa shape index (κ3) is 3.07. The highest BCUT2D eigenvalue weighted by atomic mass is 32.2. The summed E-state index contributed by atoms with van der Waals surface area (Å²) in [5.41, 5.74) is 0. The fraction of sp³-hybridized carbons (Fsp3) is 0.909. The minimum atomic E-state index is -3.36. The van der Waals surface area contributed by atoms with Gasteiger partial charge in [-0.05, 0) is 19.4 Å². The van der Waals surface area contributed by atoms with E-state index in [0.717, 1.165) is 19.4 Å². The summed E-state index contributed by atoms with van der Waals surface area (Å²) in [7, 11) is -0.309. The van der Waals surface area contributed by atoms with E-state index in [2.05, 4.69) is 5.32 Å². The molecule has 0 bridgehead atoms. The third-order valence-corrected chi connectivity index (χ3v) is 5.64. The van der Waals surface area contributed by atoms with Gasteiger partial charge in [-0.1, -0.05) is 0 Å². The van der Waals surface area contributed by atoms with Crippen molar-refractivity contribution in [1.29, 1.82) is 0 Å². The van der Waals surface area contributed by atoms with E-state index >= 15 is 0 Å². The van der Waals surface area contributed by atoms with Crippen LogP contribution in [0.15, 0.2) is 0 Å². The monoisotopic (exact) mass is 290 g/mol. The van der Waals surface area contributed by atoms with Crippen LogP contribution in [0.25, 0.3) is 0 Å². The molecule has 19 heavy (non-hydrogen) atoms. The van der Waals surface area contributed by atoms with Crippen molar-refractivity contribution in [3.8, 4) is 0 Å². The van der Waals surface area contributed by atoms with Gasteiger partial charge in [0.05, 0.1) is 6.04 Å². The summed E-state index contributed by atoms with van der Waals surface area (Å²) in [5, 5.41) is 3.18. The topological polar surface area (TPSA) is 73.0 Å². The van der Waals surface area contributed by atoms with E-state index in [9.17, 15) is 13.2 Å². The van der Waals surface area contributed by atoms with E-state index in [4.69, 9.17) is 0 Å². The molecule has 0 aromatic carbocycles. The number of hydrogen-bond donors (Lipinski definition) is 1. The summed E-state index contributed by atoms with van der Waals surface area (Å²) in [5.74, 6) is 0.111. The Bertz CT molecular complexity index is 423. The molecule has 0 radical (unpaired) electrons. The Balaban J connectivity index is 1.90. The number of nitrogens with zero attached hydrogens (tertiary/aromatic N) is 3. The number of carbonyl (C=O) groups excluding carboxylic acids is 1. The zero-order valence-corrected chi connectivity index (χ0v) is 12.3. The Morgan fingerprint density at radius 3 is 2.32 bits per heavy atom. The Kier molecular flexibility index (Phi) is 4.44. The number of carbonyl (C=O) groups is 1. The third-order valence-electron chi connectivity index (χ3n) is 3.70. The van der Waals surface area contributed by atoms with Gasteiger partial charge in [-0.2, -0.15) is 17.0 Å². The van der Waals surface area contributed by atoms with E-state index in [1.165, 1.54) is 22.7 Å². The lowest BCUT2D eigenvalue weighted by atomic mass is 10.2. The molecule has 7 nitrogen and oxygen atoms in total. The van der Waals surface area contributed by atoms with Gasteiger partial charge in [0.1, 0.15) is 0 Å². The molecule has 110 valence electrons. The molecule has 2 rings (SSSR count). The van der Waals surface area contributed by atoms with E-state index in [0.29, 0.717) is 26.2 Å². The first-order valence-electron chi connectivity index (χ1n) is 6.62. The van der Waals surface area contributed by atoms with Crippen molar-refractivity contribution in [3.63, 3.8) is 0 Å². The highest BCUT2D eigenvalue weighted by Crippen LogP contribution is 2.13.